The lowest BCUT2D eigenvalue weighted by atomic mass is 9.59. The lowest BCUT2D eigenvalue weighted by molar-refractivity contribution is 1.08. The van der Waals surface area contributed by atoms with Gasteiger partial charge >= 0.3 is 0 Å². The van der Waals surface area contributed by atoms with Crippen LogP contribution in [0.3, 0.4) is 0 Å². The van der Waals surface area contributed by atoms with E-state index < -0.39 is 0 Å². The molecule has 0 saturated heterocycles. The van der Waals surface area contributed by atoms with Crippen molar-refractivity contribution in [3.8, 4) is 56.4 Å². The highest BCUT2D eigenvalue weighted by atomic mass is 15.0. The van der Waals surface area contributed by atoms with E-state index in [1.807, 2.05) is 18.2 Å². The van der Waals surface area contributed by atoms with Crippen LogP contribution in [0, 0.1) is 0 Å². The van der Waals surface area contributed by atoms with Crippen molar-refractivity contribution in [1.82, 2.24) is 15.0 Å². The predicted molar refractivity (Wildman–Crippen MR) is 257 cm³/mol. The van der Waals surface area contributed by atoms with Crippen molar-refractivity contribution in [2.45, 2.75) is 0 Å². The molecule has 0 amide bonds. The van der Waals surface area contributed by atoms with Crippen LogP contribution in [0.15, 0.2) is 133 Å². The molecule has 0 unspecified atom stereocenters. The zero-order chi connectivity index (χ0) is 38.0. The Morgan fingerprint density at radius 2 is 0.818 bits per heavy atom. The maximum Gasteiger partial charge on any atom is 0.164 e. The third kappa shape index (κ3) is 5.92. The highest BCUT2D eigenvalue weighted by Crippen LogP contribution is 2.34. The van der Waals surface area contributed by atoms with Crippen LogP contribution in [-0.4, -0.2) is 69.9 Å². The number of nitrogens with zero attached hydrogens (tertiary/aromatic N) is 3. The average molecular weight is 694 g/mol. The Labute approximate surface area is 328 Å². The van der Waals surface area contributed by atoms with Gasteiger partial charge in [0.2, 0.25) is 0 Å². The van der Waals surface area contributed by atoms with Gasteiger partial charge in [0.05, 0.1) is 0 Å². The van der Waals surface area contributed by atoms with E-state index in [1.165, 1.54) is 81.7 Å². The fourth-order valence-electron chi connectivity index (χ4n) is 8.46. The van der Waals surface area contributed by atoms with Crippen molar-refractivity contribution in [3.05, 3.63) is 133 Å². The van der Waals surface area contributed by atoms with Gasteiger partial charge in [-0.2, -0.15) is 0 Å². The molecule has 0 aliphatic carbocycles. The van der Waals surface area contributed by atoms with E-state index in [4.69, 9.17) is 15.0 Å². The van der Waals surface area contributed by atoms with Crippen molar-refractivity contribution in [2.75, 3.05) is 0 Å². The molecule has 0 radical (unpaired) electrons. The van der Waals surface area contributed by atoms with Gasteiger partial charge in [-0.1, -0.05) is 137 Å². The number of aromatic nitrogens is 3. The summed E-state index contributed by atoms with van der Waals surface area (Å²) in [7, 11) is 15.7. The van der Waals surface area contributed by atoms with Crippen LogP contribution < -0.4 is 38.2 Å². The first-order valence-corrected chi connectivity index (χ1v) is 19.1. The van der Waals surface area contributed by atoms with Gasteiger partial charge in [-0.05, 0) is 72.8 Å². The Balaban J connectivity index is 1.18. The summed E-state index contributed by atoms with van der Waals surface area (Å²) in [5.41, 5.74) is 16.8. The summed E-state index contributed by atoms with van der Waals surface area (Å²) in [5.74, 6) is 2.04. The number of benzene rings is 8. The molecule has 9 rings (SSSR count). The molecule has 1 heterocycles. The highest BCUT2D eigenvalue weighted by molar-refractivity contribution is 6.71. The number of hydrogen-bond donors (Lipinski definition) is 0. The van der Waals surface area contributed by atoms with Crippen LogP contribution in [0.4, 0.5) is 0 Å². The third-order valence-electron chi connectivity index (χ3n) is 12.1. The maximum absolute atomic E-state index is 5.33. The van der Waals surface area contributed by atoms with Crippen molar-refractivity contribution in [3.63, 3.8) is 0 Å². The van der Waals surface area contributed by atoms with E-state index in [1.54, 1.807) is 0 Å². The molecule has 55 heavy (non-hydrogen) atoms. The van der Waals surface area contributed by atoms with Crippen LogP contribution in [0.25, 0.3) is 88.7 Å². The van der Waals surface area contributed by atoms with Gasteiger partial charge in [0.25, 0.3) is 0 Å². The molecule has 1 aromatic heterocycles. The Bertz CT molecular complexity index is 3010. The van der Waals surface area contributed by atoms with Crippen molar-refractivity contribution in [2.24, 2.45) is 0 Å². The van der Waals surface area contributed by atoms with Crippen molar-refractivity contribution >= 4 is 125 Å². The fourth-order valence-corrected chi connectivity index (χ4v) is 8.46. The van der Waals surface area contributed by atoms with Crippen LogP contribution in [0.5, 0.6) is 0 Å². The molecule has 3 nitrogen and oxygen atoms in total. The van der Waals surface area contributed by atoms with E-state index in [0.717, 1.165) is 27.8 Å². The van der Waals surface area contributed by atoms with Crippen LogP contribution >= 0.6 is 0 Å². The average Bonchev–Trinajstić information content (AvgIpc) is 3.23. The Hall–Kier alpha value is -6.00. The molecule has 0 spiro atoms. The van der Waals surface area contributed by atoms with Gasteiger partial charge in [0.1, 0.15) is 54.9 Å². The summed E-state index contributed by atoms with van der Waals surface area (Å²) >= 11 is 0. The zero-order valence-electron chi connectivity index (χ0n) is 32.5. The number of hydrogen-bond acceptors (Lipinski definition) is 3. The number of rotatable bonds is 5. The number of fused-ring (bicyclic) bond motifs is 3. The first kappa shape index (κ1) is 34.8. The fraction of sp³-hybridized carbons (Fsp3) is 0. The smallest absolute Gasteiger partial charge is 0.164 e. The summed E-state index contributed by atoms with van der Waals surface area (Å²) in [4.78, 5) is 15.7. The molecule has 252 valence electrons. The van der Waals surface area contributed by atoms with Crippen LogP contribution in [0.2, 0.25) is 0 Å². The SMILES string of the molecule is Bc1c(B)c(B)c2c(-c3nc(-c4ccccc4)nc(-c4cccc(-c5ccc6cc(-c7cccc8ccccc78)ccc6c5)c4)n3)c(B)c(B)c(B)c2c1B. The van der Waals surface area contributed by atoms with Crippen molar-refractivity contribution < 1.29 is 0 Å². The maximum atomic E-state index is 5.33. The van der Waals surface area contributed by atoms with E-state index in [0.29, 0.717) is 17.5 Å². The molecule has 9 aromatic rings. The minimum absolute atomic E-state index is 0.662. The minimum Gasteiger partial charge on any atom is -0.208 e. The van der Waals surface area contributed by atoms with E-state index in [-0.39, 0.29) is 0 Å². The third-order valence-corrected chi connectivity index (χ3v) is 12.1. The first-order chi connectivity index (χ1) is 26.7. The van der Waals surface area contributed by atoms with Gasteiger partial charge < -0.3 is 0 Å². The summed E-state index contributed by atoms with van der Waals surface area (Å²) in [5, 5.41) is 7.49. The summed E-state index contributed by atoms with van der Waals surface area (Å²) in [6.45, 7) is 0. The standard InChI is InChI=1S/C45H36B7N3/c46-36-33-34(38(48)42(52)41(36)51)37(47)40(50)39(49)35(33)45-54-43(24-9-2-1-3-10-24)53-44(55-45)30-13-6-12-25(22-30)26-16-17-28-21-29(19-18-27(28)20-26)32-15-7-11-23-8-4-5-14-31(23)32/h1-22H,46-52H2. The normalized spacial score (nSPS) is 11.4. The molecular weight excluding hydrogens is 658 g/mol. The predicted octanol–water partition coefficient (Wildman–Crippen LogP) is -0.525. The van der Waals surface area contributed by atoms with Gasteiger partial charge in [0.15, 0.2) is 17.5 Å². The second kappa shape index (κ2) is 13.7. The Morgan fingerprint density at radius 3 is 1.56 bits per heavy atom. The van der Waals surface area contributed by atoms with Gasteiger partial charge in [0, 0.05) is 16.7 Å². The molecule has 0 aliphatic heterocycles. The Kier molecular flexibility index (Phi) is 8.65. The molecule has 0 atom stereocenters. The van der Waals surface area contributed by atoms with Gasteiger partial charge in [-0.25, -0.2) is 15.0 Å². The lowest BCUT2D eigenvalue weighted by Gasteiger charge is -2.24. The molecule has 10 heteroatoms. The molecule has 0 fully saturated rings. The topological polar surface area (TPSA) is 38.7 Å². The summed E-state index contributed by atoms with van der Waals surface area (Å²) in [6, 6.07) is 47.6. The quantitative estimate of drug-likeness (QED) is 0.228. The second-order valence-electron chi connectivity index (χ2n) is 15.1. The summed E-state index contributed by atoms with van der Waals surface area (Å²) < 4.78 is 0. The van der Waals surface area contributed by atoms with E-state index >= 15 is 0 Å². The summed E-state index contributed by atoms with van der Waals surface area (Å²) in [6.07, 6.45) is 0. The molecule has 0 saturated carbocycles. The van der Waals surface area contributed by atoms with E-state index in [2.05, 4.69) is 170 Å². The van der Waals surface area contributed by atoms with Gasteiger partial charge in [-0.15, -0.1) is 16.4 Å². The Morgan fingerprint density at radius 1 is 0.309 bits per heavy atom. The van der Waals surface area contributed by atoms with Crippen LogP contribution in [-0.2, 0) is 0 Å². The molecule has 8 aromatic carbocycles. The largest absolute Gasteiger partial charge is 0.208 e. The zero-order valence-corrected chi connectivity index (χ0v) is 32.5. The van der Waals surface area contributed by atoms with Crippen LogP contribution in [0.1, 0.15) is 0 Å². The van der Waals surface area contributed by atoms with Gasteiger partial charge in [-0.3, -0.25) is 0 Å². The minimum atomic E-state index is 0.662. The first-order valence-electron chi connectivity index (χ1n) is 19.1. The monoisotopic (exact) mass is 695 g/mol. The second-order valence-corrected chi connectivity index (χ2v) is 15.1. The highest BCUT2D eigenvalue weighted by Gasteiger charge is 2.22. The molecule has 0 aliphatic rings. The molecular formula is C45H36B7N3. The molecule has 0 bridgehead atoms. The van der Waals surface area contributed by atoms with E-state index in [9.17, 15) is 0 Å². The van der Waals surface area contributed by atoms with Crippen molar-refractivity contribution in [1.29, 1.82) is 0 Å². The lowest BCUT2D eigenvalue weighted by Crippen LogP contribution is -2.52. The molecule has 0 N–H and O–H groups in total.